The van der Waals surface area contributed by atoms with E-state index in [-0.39, 0.29) is 0 Å². The van der Waals surface area contributed by atoms with Gasteiger partial charge in [0.1, 0.15) is 0 Å². The van der Waals surface area contributed by atoms with Crippen LogP contribution in [0.1, 0.15) is 18.9 Å². The van der Waals surface area contributed by atoms with E-state index in [1.54, 1.807) is 20.3 Å². The molecule has 0 atom stereocenters. The van der Waals surface area contributed by atoms with Crippen molar-refractivity contribution in [1.29, 1.82) is 0 Å². The molecule has 0 aliphatic rings. The van der Waals surface area contributed by atoms with Crippen LogP contribution in [0.15, 0.2) is 30.6 Å². The van der Waals surface area contributed by atoms with E-state index in [2.05, 4.69) is 35.3 Å². The summed E-state index contributed by atoms with van der Waals surface area (Å²) < 4.78 is 12.7. The summed E-state index contributed by atoms with van der Waals surface area (Å²) in [7, 11) is 3.21. The second-order valence-electron chi connectivity index (χ2n) is 4.80. The van der Waals surface area contributed by atoms with Crippen LogP contribution in [0.3, 0.4) is 0 Å². The van der Waals surface area contributed by atoms with Gasteiger partial charge in [0, 0.05) is 37.6 Å². The number of ether oxygens (including phenoxy) is 2. The van der Waals surface area contributed by atoms with E-state index in [9.17, 15) is 0 Å². The molecule has 5 heteroatoms. The maximum Gasteiger partial charge on any atom is 0.162 e. The minimum Gasteiger partial charge on any atom is -0.493 e. The van der Waals surface area contributed by atoms with Crippen molar-refractivity contribution in [2.75, 3.05) is 19.5 Å². The maximum atomic E-state index is 6.26. The number of halogens is 1. The molecule has 114 valence electrons. The Labute approximate surface area is 130 Å². The molecule has 0 saturated carbocycles. The molecule has 1 aromatic carbocycles. The first kappa shape index (κ1) is 15.6. The van der Waals surface area contributed by atoms with E-state index in [1.165, 1.54) is 5.56 Å². The molecule has 0 fully saturated rings. The number of benzene rings is 1. The third-order valence-corrected chi connectivity index (χ3v) is 3.56. The number of aromatic nitrogens is 1. The van der Waals surface area contributed by atoms with Gasteiger partial charge in [0.05, 0.1) is 24.9 Å². The summed E-state index contributed by atoms with van der Waals surface area (Å²) in [5.41, 5.74) is 2.05. The first-order valence-electron chi connectivity index (χ1n) is 6.98. The number of nitrogens with one attached hydrogen (secondary N) is 1. The van der Waals surface area contributed by atoms with Gasteiger partial charge >= 0.3 is 0 Å². The quantitative estimate of drug-likeness (QED) is 0.833. The number of aryl methyl sites for hydroxylation is 1. The van der Waals surface area contributed by atoms with Gasteiger partial charge in [-0.2, -0.15) is 0 Å². The lowest BCUT2D eigenvalue weighted by molar-refractivity contribution is 0.355. The molecule has 1 heterocycles. The SMILES string of the molecule is CCCn1ccc(CNc2cc(OC)c(OC)cc2Cl)c1. The molecule has 0 amide bonds. The Bertz CT molecular complexity index is 596. The summed E-state index contributed by atoms with van der Waals surface area (Å²) in [5.74, 6) is 1.29. The average Bonchev–Trinajstić information content (AvgIpc) is 2.93. The van der Waals surface area contributed by atoms with Gasteiger partial charge < -0.3 is 19.4 Å². The Hall–Kier alpha value is -1.81. The second-order valence-corrected chi connectivity index (χ2v) is 5.21. The molecule has 1 aromatic heterocycles. The first-order valence-corrected chi connectivity index (χ1v) is 7.35. The predicted octanol–water partition coefficient (Wildman–Crippen LogP) is 4.18. The van der Waals surface area contributed by atoms with Gasteiger partial charge in [0.25, 0.3) is 0 Å². The van der Waals surface area contributed by atoms with E-state index in [0.29, 0.717) is 23.1 Å². The molecule has 0 saturated heterocycles. The van der Waals surface area contributed by atoms with Crippen LogP contribution in [0.4, 0.5) is 5.69 Å². The molecular formula is C16H21ClN2O2. The molecule has 0 aliphatic carbocycles. The van der Waals surface area contributed by atoms with Crippen LogP contribution in [0.25, 0.3) is 0 Å². The molecule has 0 spiro atoms. The molecule has 1 N–H and O–H groups in total. The van der Waals surface area contributed by atoms with Crippen molar-refractivity contribution < 1.29 is 9.47 Å². The van der Waals surface area contributed by atoms with E-state index in [0.717, 1.165) is 18.7 Å². The molecule has 2 rings (SSSR count). The molecule has 21 heavy (non-hydrogen) atoms. The lowest BCUT2D eigenvalue weighted by Crippen LogP contribution is -2.01. The monoisotopic (exact) mass is 308 g/mol. The summed E-state index contributed by atoms with van der Waals surface area (Å²) in [5, 5.41) is 3.94. The Morgan fingerprint density at radius 3 is 2.57 bits per heavy atom. The number of rotatable bonds is 7. The fourth-order valence-electron chi connectivity index (χ4n) is 2.18. The second kappa shape index (κ2) is 7.27. The number of nitrogens with zero attached hydrogens (tertiary/aromatic N) is 1. The van der Waals surface area contributed by atoms with Gasteiger partial charge in [-0.15, -0.1) is 0 Å². The standard InChI is InChI=1S/C16H21ClN2O2/c1-4-6-19-7-5-12(11-19)10-18-14-9-16(21-3)15(20-2)8-13(14)17/h5,7-9,11,18H,4,6,10H2,1-3H3. The van der Waals surface area contributed by atoms with E-state index < -0.39 is 0 Å². The van der Waals surface area contributed by atoms with E-state index in [1.807, 2.05) is 6.07 Å². The summed E-state index contributed by atoms with van der Waals surface area (Å²) in [4.78, 5) is 0. The number of anilines is 1. The smallest absolute Gasteiger partial charge is 0.162 e. The van der Waals surface area contributed by atoms with Crippen molar-refractivity contribution in [2.24, 2.45) is 0 Å². The third kappa shape index (κ3) is 3.85. The Balaban J connectivity index is 2.08. The highest BCUT2D eigenvalue weighted by Gasteiger charge is 2.09. The van der Waals surface area contributed by atoms with Crippen molar-refractivity contribution in [3.8, 4) is 11.5 Å². The normalized spacial score (nSPS) is 10.5. The molecule has 4 nitrogen and oxygen atoms in total. The summed E-state index contributed by atoms with van der Waals surface area (Å²) >= 11 is 6.26. The topological polar surface area (TPSA) is 35.4 Å². The van der Waals surface area contributed by atoms with Gasteiger partial charge in [-0.1, -0.05) is 18.5 Å². The molecule has 0 radical (unpaired) electrons. The lowest BCUT2D eigenvalue weighted by atomic mass is 10.2. The Morgan fingerprint density at radius 2 is 1.90 bits per heavy atom. The zero-order valence-corrected chi connectivity index (χ0v) is 13.4. The minimum absolute atomic E-state index is 0.612. The maximum absolute atomic E-state index is 6.26. The molecule has 0 aliphatic heterocycles. The van der Waals surface area contributed by atoms with Crippen LogP contribution in [0.2, 0.25) is 5.02 Å². The molecule has 2 aromatic rings. The number of hydrogen-bond donors (Lipinski definition) is 1. The highest BCUT2D eigenvalue weighted by Crippen LogP contribution is 2.36. The zero-order chi connectivity index (χ0) is 15.2. The van der Waals surface area contributed by atoms with Gasteiger partial charge in [-0.05, 0) is 18.1 Å². The Morgan fingerprint density at radius 1 is 1.19 bits per heavy atom. The van der Waals surface area contributed by atoms with E-state index in [4.69, 9.17) is 21.1 Å². The highest BCUT2D eigenvalue weighted by atomic mass is 35.5. The first-order chi connectivity index (χ1) is 10.2. The number of methoxy groups -OCH3 is 2. The third-order valence-electron chi connectivity index (χ3n) is 3.25. The van der Waals surface area contributed by atoms with Crippen molar-refractivity contribution in [1.82, 2.24) is 4.57 Å². The van der Waals surface area contributed by atoms with Crippen LogP contribution in [-0.4, -0.2) is 18.8 Å². The fraction of sp³-hybridized carbons (Fsp3) is 0.375. The molecule has 0 unspecified atom stereocenters. The highest BCUT2D eigenvalue weighted by molar-refractivity contribution is 6.33. The fourth-order valence-corrected chi connectivity index (χ4v) is 2.40. The van der Waals surface area contributed by atoms with Gasteiger partial charge in [0.15, 0.2) is 11.5 Å². The largest absolute Gasteiger partial charge is 0.493 e. The van der Waals surface area contributed by atoms with E-state index >= 15 is 0 Å². The van der Waals surface area contributed by atoms with Gasteiger partial charge in [-0.25, -0.2) is 0 Å². The molecular weight excluding hydrogens is 288 g/mol. The predicted molar refractivity (Wildman–Crippen MR) is 86.6 cm³/mol. The van der Waals surface area contributed by atoms with Crippen molar-refractivity contribution >= 4 is 17.3 Å². The Kier molecular flexibility index (Phi) is 5.39. The van der Waals surface area contributed by atoms with Crippen LogP contribution in [-0.2, 0) is 13.1 Å². The van der Waals surface area contributed by atoms with Crippen LogP contribution in [0.5, 0.6) is 11.5 Å². The van der Waals surface area contributed by atoms with Crippen LogP contribution in [0, 0.1) is 0 Å². The summed E-state index contributed by atoms with van der Waals surface area (Å²) in [6.45, 7) is 3.92. The zero-order valence-electron chi connectivity index (χ0n) is 12.6. The summed E-state index contributed by atoms with van der Waals surface area (Å²) in [6.07, 6.45) is 5.37. The van der Waals surface area contributed by atoms with Crippen LogP contribution >= 0.6 is 11.6 Å². The van der Waals surface area contributed by atoms with Gasteiger partial charge in [0.2, 0.25) is 0 Å². The molecule has 0 bridgehead atoms. The van der Waals surface area contributed by atoms with Crippen molar-refractivity contribution in [3.63, 3.8) is 0 Å². The summed E-state index contributed by atoms with van der Waals surface area (Å²) in [6, 6.07) is 5.71. The van der Waals surface area contributed by atoms with Crippen LogP contribution < -0.4 is 14.8 Å². The van der Waals surface area contributed by atoms with Gasteiger partial charge in [-0.3, -0.25) is 0 Å². The minimum atomic E-state index is 0.612. The van der Waals surface area contributed by atoms with Crippen molar-refractivity contribution in [3.05, 3.63) is 41.2 Å². The van der Waals surface area contributed by atoms with Crippen molar-refractivity contribution in [2.45, 2.75) is 26.4 Å². The lowest BCUT2D eigenvalue weighted by Gasteiger charge is -2.13. The number of hydrogen-bond acceptors (Lipinski definition) is 3. The average molecular weight is 309 g/mol.